The van der Waals surface area contributed by atoms with Crippen molar-refractivity contribution in [1.82, 2.24) is 0 Å². The van der Waals surface area contributed by atoms with E-state index in [2.05, 4.69) is 4.74 Å². The number of allylic oxidation sites excluding steroid dienone is 2. The number of ether oxygens (including phenoxy) is 1. The second-order valence-corrected chi connectivity index (χ2v) is 4.51. The number of carbonyl (C=O) groups is 3. The third-order valence-electron chi connectivity index (χ3n) is 3.18. The topological polar surface area (TPSA) is 80.7 Å². The van der Waals surface area contributed by atoms with Crippen LogP contribution in [0.5, 0.6) is 0 Å². The van der Waals surface area contributed by atoms with Gasteiger partial charge in [-0.2, -0.15) is 0 Å². The second kappa shape index (κ2) is 4.31. The lowest BCUT2D eigenvalue weighted by Gasteiger charge is -2.20. The van der Waals surface area contributed by atoms with Crippen molar-refractivity contribution < 1.29 is 24.2 Å². The van der Waals surface area contributed by atoms with Crippen LogP contribution in [0.1, 0.15) is 25.7 Å². The Hall–Kier alpha value is -1.65. The third kappa shape index (κ3) is 2.23. The molecule has 2 aliphatic rings. The highest BCUT2D eigenvalue weighted by Crippen LogP contribution is 2.38. The molecular formula is C12H14O5. The summed E-state index contributed by atoms with van der Waals surface area (Å²) in [5.41, 5.74) is -0.0901. The molecule has 0 unspecified atom stereocenters. The van der Waals surface area contributed by atoms with Crippen molar-refractivity contribution in [2.24, 2.45) is 11.8 Å². The molecule has 2 fully saturated rings. The van der Waals surface area contributed by atoms with Gasteiger partial charge in [-0.3, -0.25) is 14.4 Å². The molecule has 0 saturated heterocycles. The van der Waals surface area contributed by atoms with Gasteiger partial charge in [-0.15, -0.1) is 0 Å². The fourth-order valence-corrected chi connectivity index (χ4v) is 2.06. The Labute approximate surface area is 98.4 Å². The molecule has 17 heavy (non-hydrogen) atoms. The quantitative estimate of drug-likeness (QED) is 0.335. The Morgan fingerprint density at radius 2 is 1.71 bits per heavy atom. The molecule has 1 N–H and O–H groups in total. The van der Waals surface area contributed by atoms with E-state index < -0.39 is 23.5 Å². The van der Waals surface area contributed by atoms with Crippen LogP contribution in [0.4, 0.5) is 0 Å². The molecule has 2 aliphatic carbocycles. The SMILES string of the molecule is COC(=O)C1CC(=O)C(=C(O)C2CC2)C(=O)C1. The first kappa shape index (κ1) is 11.8. The predicted octanol–water partition coefficient (Wildman–Crippen LogP) is 0.930. The molecule has 0 amide bonds. The molecule has 0 atom stereocenters. The van der Waals surface area contributed by atoms with Crippen molar-refractivity contribution >= 4 is 17.5 Å². The molecule has 5 nitrogen and oxygen atoms in total. The summed E-state index contributed by atoms with van der Waals surface area (Å²) in [5.74, 6) is -2.24. The monoisotopic (exact) mass is 238 g/mol. The first-order chi connectivity index (χ1) is 8.04. The van der Waals surface area contributed by atoms with E-state index in [1.165, 1.54) is 7.11 Å². The van der Waals surface area contributed by atoms with Crippen molar-refractivity contribution in [2.45, 2.75) is 25.7 Å². The molecule has 2 saturated carbocycles. The smallest absolute Gasteiger partial charge is 0.309 e. The number of esters is 1. The van der Waals surface area contributed by atoms with Gasteiger partial charge in [-0.1, -0.05) is 0 Å². The Morgan fingerprint density at radius 1 is 1.18 bits per heavy atom. The molecule has 0 spiro atoms. The summed E-state index contributed by atoms with van der Waals surface area (Å²) in [5, 5.41) is 9.76. The second-order valence-electron chi connectivity index (χ2n) is 4.51. The van der Waals surface area contributed by atoms with Gasteiger partial charge in [0.1, 0.15) is 5.76 Å². The first-order valence-electron chi connectivity index (χ1n) is 5.62. The van der Waals surface area contributed by atoms with Gasteiger partial charge in [0.25, 0.3) is 0 Å². The molecule has 5 heteroatoms. The molecular weight excluding hydrogens is 224 g/mol. The van der Waals surface area contributed by atoms with E-state index in [4.69, 9.17) is 0 Å². The van der Waals surface area contributed by atoms with Crippen LogP contribution in [-0.4, -0.2) is 29.8 Å². The fraction of sp³-hybridized carbons (Fsp3) is 0.583. The van der Waals surface area contributed by atoms with Gasteiger partial charge < -0.3 is 9.84 Å². The zero-order valence-electron chi connectivity index (χ0n) is 9.56. The number of rotatable bonds is 2. The van der Waals surface area contributed by atoms with Crippen LogP contribution in [0.25, 0.3) is 0 Å². The molecule has 0 aromatic rings. The highest BCUT2D eigenvalue weighted by molar-refractivity contribution is 6.23. The van der Waals surface area contributed by atoms with Crippen molar-refractivity contribution in [2.75, 3.05) is 7.11 Å². The summed E-state index contributed by atoms with van der Waals surface area (Å²) < 4.78 is 4.52. The summed E-state index contributed by atoms with van der Waals surface area (Å²) in [7, 11) is 1.23. The first-order valence-corrected chi connectivity index (χ1v) is 5.62. The normalized spacial score (nSPS) is 24.8. The minimum atomic E-state index is -0.698. The van der Waals surface area contributed by atoms with E-state index in [1.807, 2.05) is 0 Å². The number of hydrogen-bond acceptors (Lipinski definition) is 5. The van der Waals surface area contributed by atoms with E-state index in [-0.39, 0.29) is 30.1 Å². The molecule has 0 aliphatic heterocycles. The molecule has 92 valence electrons. The molecule has 0 aromatic carbocycles. The van der Waals surface area contributed by atoms with Gasteiger partial charge >= 0.3 is 5.97 Å². The van der Waals surface area contributed by atoms with Crippen LogP contribution in [0.2, 0.25) is 0 Å². The summed E-state index contributed by atoms with van der Waals surface area (Å²) in [6.45, 7) is 0. The van der Waals surface area contributed by atoms with Crippen molar-refractivity contribution in [3.05, 3.63) is 11.3 Å². The average Bonchev–Trinajstić information content (AvgIpc) is 3.10. The van der Waals surface area contributed by atoms with Gasteiger partial charge in [0.05, 0.1) is 18.6 Å². The molecule has 0 bridgehead atoms. The van der Waals surface area contributed by atoms with Gasteiger partial charge in [0.15, 0.2) is 11.6 Å². The maximum absolute atomic E-state index is 11.8. The Morgan fingerprint density at radius 3 is 2.12 bits per heavy atom. The molecule has 2 rings (SSSR count). The number of carbonyl (C=O) groups excluding carboxylic acids is 3. The van der Waals surface area contributed by atoms with E-state index in [9.17, 15) is 19.5 Å². The zero-order chi connectivity index (χ0) is 12.6. The molecule has 0 radical (unpaired) electrons. The maximum atomic E-state index is 11.8. The van der Waals surface area contributed by atoms with Gasteiger partial charge in [-0.05, 0) is 12.8 Å². The van der Waals surface area contributed by atoms with E-state index in [0.717, 1.165) is 12.8 Å². The number of methoxy groups -OCH3 is 1. The van der Waals surface area contributed by atoms with Crippen LogP contribution in [0, 0.1) is 11.8 Å². The van der Waals surface area contributed by atoms with Gasteiger partial charge in [0, 0.05) is 18.8 Å². The van der Waals surface area contributed by atoms with Crippen molar-refractivity contribution in [3.8, 4) is 0 Å². The minimum absolute atomic E-state index is 0.0347. The van der Waals surface area contributed by atoms with Crippen LogP contribution >= 0.6 is 0 Å². The van der Waals surface area contributed by atoms with E-state index in [1.54, 1.807) is 0 Å². The number of Topliss-reactive ketones (excluding diaryl/α,β-unsaturated/α-hetero) is 2. The lowest BCUT2D eigenvalue weighted by molar-refractivity contribution is -0.149. The number of hydrogen-bond donors (Lipinski definition) is 1. The largest absolute Gasteiger partial charge is 0.511 e. The maximum Gasteiger partial charge on any atom is 0.309 e. The van der Waals surface area contributed by atoms with Gasteiger partial charge in [-0.25, -0.2) is 0 Å². The number of ketones is 2. The molecule has 0 heterocycles. The number of aliphatic hydroxyl groups is 1. The Balaban J connectivity index is 2.19. The summed E-state index contributed by atoms with van der Waals surface area (Å²) in [6, 6.07) is 0. The Kier molecular flexibility index (Phi) is 3.00. The lowest BCUT2D eigenvalue weighted by atomic mass is 9.83. The summed E-state index contributed by atoms with van der Waals surface area (Å²) in [4.78, 5) is 34.8. The molecule has 0 aromatic heterocycles. The third-order valence-corrected chi connectivity index (χ3v) is 3.18. The van der Waals surface area contributed by atoms with Crippen molar-refractivity contribution in [1.29, 1.82) is 0 Å². The van der Waals surface area contributed by atoms with Crippen LogP contribution in [0.15, 0.2) is 11.3 Å². The standard InChI is InChI=1S/C12H14O5/c1-17-12(16)7-4-8(13)10(9(14)5-7)11(15)6-2-3-6/h6-7,15H,2-5H2,1H3. The van der Waals surface area contributed by atoms with Crippen molar-refractivity contribution in [3.63, 3.8) is 0 Å². The van der Waals surface area contributed by atoms with Crippen LogP contribution in [0.3, 0.4) is 0 Å². The van der Waals surface area contributed by atoms with Crippen LogP contribution in [-0.2, 0) is 19.1 Å². The highest BCUT2D eigenvalue weighted by Gasteiger charge is 2.40. The van der Waals surface area contributed by atoms with Crippen LogP contribution < -0.4 is 0 Å². The fourth-order valence-electron chi connectivity index (χ4n) is 2.06. The van der Waals surface area contributed by atoms with E-state index >= 15 is 0 Å². The summed E-state index contributed by atoms with van der Waals surface area (Å²) in [6.07, 6.45) is 1.53. The average molecular weight is 238 g/mol. The number of aliphatic hydroxyl groups excluding tert-OH is 1. The summed E-state index contributed by atoms with van der Waals surface area (Å²) >= 11 is 0. The minimum Gasteiger partial charge on any atom is -0.511 e. The lowest BCUT2D eigenvalue weighted by Crippen LogP contribution is -2.32. The zero-order valence-corrected chi connectivity index (χ0v) is 9.56. The highest BCUT2D eigenvalue weighted by atomic mass is 16.5. The predicted molar refractivity (Wildman–Crippen MR) is 57.1 cm³/mol. The van der Waals surface area contributed by atoms with Gasteiger partial charge in [0.2, 0.25) is 0 Å². The van der Waals surface area contributed by atoms with E-state index in [0.29, 0.717) is 0 Å². The Bertz CT molecular complexity index is 397.